The SMILES string of the molecule is Cc1ccccc1Sc1ncnc(Cl)c1CO. The average Bonchev–Trinajstić information content (AvgIpc) is 2.32. The van der Waals surface area contributed by atoms with Crippen LogP contribution in [0.3, 0.4) is 0 Å². The zero-order valence-corrected chi connectivity index (χ0v) is 10.8. The van der Waals surface area contributed by atoms with E-state index in [-0.39, 0.29) is 6.61 Å². The minimum Gasteiger partial charge on any atom is -0.391 e. The molecular weight excluding hydrogens is 256 g/mol. The fourth-order valence-electron chi connectivity index (χ4n) is 1.37. The Morgan fingerprint density at radius 2 is 2.06 bits per heavy atom. The second kappa shape index (κ2) is 5.49. The van der Waals surface area contributed by atoms with Gasteiger partial charge in [0.2, 0.25) is 0 Å². The molecule has 0 fully saturated rings. The summed E-state index contributed by atoms with van der Waals surface area (Å²) in [4.78, 5) is 9.10. The van der Waals surface area contributed by atoms with Crippen LogP contribution in [0, 0.1) is 6.92 Å². The van der Waals surface area contributed by atoms with Gasteiger partial charge >= 0.3 is 0 Å². The van der Waals surface area contributed by atoms with Crippen molar-refractivity contribution in [3.05, 3.63) is 46.9 Å². The van der Waals surface area contributed by atoms with Gasteiger partial charge in [0, 0.05) is 10.5 Å². The summed E-state index contributed by atoms with van der Waals surface area (Å²) in [6.07, 6.45) is 1.40. The van der Waals surface area contributed by atoms with Crippen LogP contribution in [0.5, 0.6) is 0 Å². The highest BCUT2D eigenvalue weighted by molar-refractivity contribution is 7.99. The van der Waals surface area contributed by atoms with Crippen molar-refractivity contribution in [3.8, 4) is 0 Å². The van der Waals surface area contributed by atoms with E-state index in [1.807, 2.05) is 31.2 Å². The molecule has 17 heavy (non-hydrogen) atoms. The Balaban J connectivity index is 2.37. The molecule has 1 aromatic heterocycles. The van der Waals surface area contributed by atoms with Gasteiger partial charge in [-0.15, -0.1) is 0 Å². The van der Waals surface area contributed by atoms with Crippen LogP contribution in [-0.2, 0) is 6.61 Å². The molecule has 0 saturated carbocycles. The second-order valence-corrected chi connectivity index (χ2v) is 4.86. The van der Waals surface area contributed by atoms with Gasteiger partial charge in [-0.05, 0) is 18.6 Å². The first kappa shape index (κ1) is 12.4. The second-order valence-electron chi connectivity index (χ2n) is 3.47. The average molecular weight is 267 g/mol. The van der Waals surface area contributed by atoms with Gasteiger partial charge in [0.25, 0.3) is 0 Å². The minimum absolute atomic E-state index is 0.159. The van der Waals surface area contributed by atoms with E-state index in [4.69, 9.17) is 11.6 Å². The van der Waals surface area contributed by atoms with E-state index in [0.29, 0.717) is 15.7 Å². The van der Waals surface area contributed by atoms with Gasteiger partial charge < -0.3 is 5.11 Å². The third kappa shape index (κ3) is 2.77. The smallest absolute Gasteiger partial charge is 0.139 e. The summed E-state index contributed by atoms with van der Waals surface area (Å²) in [5, 5.41) is 10.3. The van der Waals surface area contributed by atoms with Crippen molar-refractivity contribution in [2.75, 3.05) is 0 Å². The molecule has 0 aliphatic rings. The van der Waals surface area contributed by atoms with Crippen molar-refractivity contribution in [2.24, 2.45) is 0 Å². The summed E-state index contributed by atoms with van der Waals surface area (Å²) in [7, 11) is 0. The number of benzene rings is 1. The number of aromatic nitrogens is 2. The number of halogens is 1. The van der Waals surface area contributed by atoms with Crippen LogP contribution in [0.4, 0.5) is 0 Å². The maximum Gasteiger partial charge on any atom is 0.139 e. The van der Waals surface area contributed by atoms with Gasteiger partial charge in [-0.2, -0.15) is 0 Å². The lowest BCUT2D eigenvalue weighted by molar-refractivity contribution is 0.277. The van der Waals surface area contributed by atoms with E-state index >= 15 is 0 Å². The van der Waals surface area contributed by atoms with E-state index in [2.05, 4.69) is 9.97 Å². The standard InChI is InChI=1S/C12H11ClN2OS/c1-8-4-2-3-5-10(8)17-12-9(6-16)11(13)14-7-15-12/h2-5,7,16H,6H2,1H3. The Hall–Kier alpha value is -1.10. The Kier molecular flexibility index (Phi) is 3.99. The number of hydrogen-bond donors (Lipinski definition) is 1. The Labute approximate surface area is 109 Å². The summed E-state index contributed by atoms with van der Waals surface area (Å²) in [6, 6.07) is 8.00. The maximum atomic E-state index is 9.27. The minimum atomic E-state index is -0.159. The molecule has 0 spiro atoms. The fourth-order valence-corrected chi connectivity index (χ4v) is 2.59. The third-order valence-corrected chi connectivity index (χ3v) is 3.86. The largest absolute Gasteiger partial charge is 0.391 e. The number of aliphatic hydroxyl groups is 1. The molecule has 0 radical (unpaired) electrons. The monoisotopic (exact) mass is 266 g/mol. The van der Waals surface area contributed by atoms with Crippen LogP contribution in [0.25, 0.3) is 0 Å². The van der Waals surface area contributed by atoms with Gasteiger partial charge in [-0.3, -0.25) is 0 Å². The molecule has 1 N–H and O–H groups in total. The zero-order chi connectivity index (χ0) is 12.3. The van der Waals surface area contributed by atoms with Crippen molar-refractivity contribution in [1.82, 2.24) is 9.97 Å². The zero-order valence-electron chi connectivity index (χ0n) is 9.22. The number of aryl methyl sites for hydroxylation is 1. The summed E-state index contributed by atoms with van der Waals surface area (Å²) in [5.74, 6) is 0. The van der Waals surface area contributed by atoms with E-state index in [1.54, 1.807) is 0 Å². The first-order chi connectivity index (χ1) is 8.22. The predicted octanol–water partition coefficient (Wildman–Crippen LogP) is 3.08. The lowest BCUT2D eigenvalue weighted by Crippen LogP contribution is -1.95. The Morgan fingerprint density at radius 1 is 1.29 bits per heavy atom. The Morgan fingerprint density at radius 3 is 2.76 bits per heavy atom. The molecule has 1 heterocycles. The molecule has 0 atom stereocenters. The molecule has 2 aromatic rings. The molecular formula is C12H11ClN2OS. The Bertz CT molecular complexity index is 534. The molecule has 3 nitrogen and oxygen atoms in total. The summed E-state index contributed by atoms with van der Waals surface area (Å²) in [6.45, 7) is 1.87. The summed E-state index contributed by atoms with van der Waals surface area (Å²) >= 11 is 7.40. The molecule has 0 amide bonds. The third-order valence-electron chi connectivity index (χ3n) is 2.31. The van der Waals surface area contributed by atoms with Gasteiger partial charge in [0.1, 0.15) is 16.5 Å². The lowest BCUT2D eigenvalue weighted by atomic mass is 10.2. The molecule has 0 bridgehead atoms. The van der Waals surface area contributed by atoms with Gasteiger partial charge in [-0.25, -0.2) is 9.97 Å². The van der Waals surface area contributed by atoms with Gasteiger partial charge in [0.15, 0.2) is 0 Å². The number of aliphatic hydroxyl groups excluding tert-OH is 1. The fraction of sp³-hybridized carbons (Fsp3) is 0.167. The van der Waals surface area contributed by atoms with Crippen molar-refractivity contribution in [3.63, 3.8) is 0 Å². The van der Waals surface area contributed by atoms with E-state index in [9.17, 15) is 5.11 Å². The topological polar surface area (TPSA) is 46.0 Å². The molecule has 88 valence electrons. The lowest BCUT2D eigenvalue weighted by Gasteiger charge is -2.08. The highest BCUT2D eigenvalue weighted by Crippen LogP contribution is 2.32. The highest BCUT2D eigenvalue weighted by Gasteiger charge is 2.11. The van der Waals surface area contributed by atoms with Crippen LogP contribution in [0.2, 0.25) is 5.15 Å². The van der Waals surface area contributed by atoms with Gasteiger partial charge in [0.05, 0.1) is 6.61 Å². The summed E-state index contributed by atoms with van der Waals surface area (Å²) in [5.41, 5.74) is 1.73. The van der Waals surface area contributed by atoms with E-state index in [0.717, 1.165) is 10.5 Å². The number of nitrogens with zero attached hydrogens (tertiary/aromatic N) is 2. The van der Waals surface area contributed by atoms with Crippen molar-refractivity contribution < 1.29 is 5.11 Å². The maximum absolute atomic E-state index is 9.27. The van der Waals surface area contributed by atoms with Gasteiger partial charge in [-0.1, -0.05) is 41.6 Å². The first-order valence-electron chi connectivity index (χ1n) is 5.06. The molecule has 0 unspecified atom stereocenters. The quantitative estimate of drug-likeness (QED) is 0.868. The van der Waals surface area contributed by atoms with Crippen LogP contribution >= 0.6 is 23.4 Å². The normalized spacial score (nSPS) is 10.5. The van der Waals surface area contributed by atoms with Crippen molar-refractivity contribution >= 4 is 23.4 Å². The highest BCUT2D eigenvalue weighted by atomic mass is 35.5. The summed E-state index contributed by atoms with van der Waals surface area (Å²) < 4.78 is 0. The molecule has 2 rings (SSSR count). The molecule has 0 aliphatic heterocycles. The van der Waals surface area contributed by atoms with Crippen LogP contribution in [0.1, 0.15) is 11.1 Å². The molecule has 1 aromatic carbocycles. The van der Waals surface area contributed by atoms with Crippen LogP contribution in [0.15, 0.2) is 40.5 Å². The van der Waals surface area contributed by atoms with Crippen molar-refractivity contribution in [2.45, 2.75) is 23.5 Å². The number of rotatable bonds is 3. The molecule has 5 heteroatoms. The van der Waals surface area contributed by atoms with E-state index in [1.165, 1.54) is 18.1 Å². The van der Waals surface area contributed by atoms with Crippen LogP contribution < -0.4 is 0 Å². The van der Waals surface area contributed by atoms with E-state index < -0.39 is 0 Å². The molecule has 0 saturated heterocycles. The predicted molar refractivity (Wildman–Crippen MR) is 68.3 cm³/mol. The number of hydrogen-bond acceptors (Lipinski definition) is 4. The van der Waals surface area contributed by atoms with Crippen LogP contribution in [-0.4, -0.2) is 15.1 Å². The molecule has 0 aliphatic carbocycles. The van der Waals surface area contributed by atoms with Crippen molar-refractivity contribution in [1.29, 1.82) is 0 Å². The first-order valence-corrected chi connectivity index (χ1v) is 6.25.